The van der Waals surface area contributed by atoms with Crippen LogP contribution in [0, 0.1) is 15.9 Å². The van der Waals surface area contributed by atoms with E-state index < -0.39 is 16.7 Å². The Morgan fingerprint density at radius 1 is 1.27 bits per heavy atom. The first-order chi connectivity index (χ1) is 10.5. The van der Waals surface area contributed by atoms with Gasteiger partial charge in [0, 0.05) is 11.6 Å². The molecule has 110 valence electrons. The third-order valence-corrected chi connectivity index (χ3v) is 3.76. The highest BCUT2D eigenvalue weighted by atomic mass is 79.9. The van der Waals surface area contributed by atoms with E-state index in [-0.39, 0.29) is 21.5 Å². The van der Waals surface area contributed by atoms with Gasteiger partial charge in [0.2, 0.25) is 0 Å². The molecule has 0 atom stereocenters. The van der Waals surface area contributed by atoms with Gasteiger partial charge in [0.25, 0.3) is 5.69 Å². The molecule has 0 amide bonds. The molecule has 0 saturated heterocycles. The Hall–Kier alpha value is -2.54. The molecule has 0 unspecified atom stereocenters. The zero-order chi connectivity index (χ0) is 15.9. The molecule has 22 heavy (non-hydrogen) atoms. The molecule has 0 radical (unpaired) electrons. The molecule has 1 aliphatic heterocycles. The first kappa shape index (κ1) is 14.4. The van der Waals surface area contributed by atoms with Crippen molar-refractivity contribution in [1.29, 1.82) is 0 Å². The molecule has 0 spiro atoms. The second-order valence-electron chi connectivity index (χ2n) is 4.53. The van der Waals surface area contributed by atoms with Crippen molar-refractivity contribution < 1.29 is 18.8 Å². The lowest BCUT2D eigenvalue weighted by atomic mass is 10.0. The average Bonchev–Trinajstić information content (AvgIpc) is 2.79. The van der Waals surface area contributed by atoms with Crippen LogP contribution in [0.2, 0.25) is 0 Å². The average molecular weight is 364 g/mol. The molecule has 2 aromatic carbocycles. The van der Waals surface area contributed by atoms with Crippen LogP contribution in [0.3, 0.4) is 0 Å². The minimum atomic E-state index is -0.769. The quantitative estimate of drug-likeness (QED) is 0.456. The summed E-state index contributed by atoms with van der Waals surface area (Å²) in [4.78, 5) is 22.2. The lowest BCUT2D eigenvalue weighted by Crippen LogP contribution is -2.00. The molecule has 0 saturated carbocycles. The van der Waals surface area contributed by atoms with Gasteiger partial charge < -0.3 is 4.74 Å². The Kier molecular flexibility index (Phi) is 3.50. The summed E-state index contributed by atoms with van der Waals surface area (Å²) in [6, 6.07) is 8.59. The van der Waals surface area contributed by atoms with Gasteiger partial charge in [-0.05, 0) is 45.8 Å². The van der Waals surface area contributed by atoms with Gasteiger partial charge in [-0.15, -0.1) is 0 Å². The predicted molar refractivity (Wildman–Crippen MR) is 80.5 cm³/mol. The highest BCUT2D eigenvalue weighted by molar-refractivity contribution is 9.10. The van der Waals surface area contributed by atoms with E-state index in [1.54, 1.807) is 6.07 Å². The SMILES string of the molecule is O=C1OC(=Cc2ccc(F)c(Br)c2)c2cccc([N+](=O)[O-])c21. The monoisotopic (exact) mass is 363 g/mol. The van der Waals surface area contributed by atoms with E-state index in [1.165, 1.54) is 36.4 Å². The van der Waals surface area contributed by atoms with Crippen LogP contribution in [-0.2, 0) is 4.74 Å². The molecular formula is C15H7BrFNO4. The van der Waals surface area contributed by atoms with Crippen molar-refractivity contribution in [3.05, 3.63) is 73.5 Å². The molecule has 0 aromatic heterocycles. The smallest absolute Gasteiger partial charge is 0.351 e. The van der Waals surface area contributed by atoms with Gasteiger partial charge in [0.05, 0.1) is 9.40 Å². The van der Waals surface area contributed by atoms with Crippen molar-refractivity contribution in [3.63, 3.8) is 0 Å². The molecule has 3 rings (SSSR count). The van der Waals surface area contributed by atoms with Gasteiger partial charge in [-0.1, -0.05) is 12.1 Å². The number of carbonyl (C=O) groups is 1. The van der Waals surface area contributed by atoms with E-state index in [2.05, 4.69) is 15.9 Å². The zero-order valence-corrected chi connectivity index (χ0v) is 12.5. The van der Waals surface area contributed by atoms with E-state index in [9.17, 15) is 19.3 Å². The number of nitrogens with zero attached hydrogens (tertiary/aromatic N) is 1. The summed E-state index contributed by atoms with van der Waals surface area (Å²) in [6.07, 6.45) is 1.53. The van der Waals surface area contributed by atoms with E-state index >= 15 is 0 Å². The first-order valence-corrected chi connectivity index (χ1v) is 6.93. The van der Waals surface area contributed by atoms with Gasteiger partial charge in [0.1, 0.15) is 17.1 Å². The van der Waals surface area contributed by atoms with Crippen LogP contribution in [-0.4, -0.2) is 10.9 Å². The number of fused-ring (bicyclic) bond motifs is 1. The molecule has 0 fully saturated rings. The fourth-order valence-corrected chi connectivity index (χ4v) is 2.58. The number of hydrogen-bond acceptors (Lipinski definition) is 4. The van der Waals surface area contributed by atoms with Crippen molar-refractivity contribution >= 4 is 39.4 Å². The van der Waals surface area contributed by atoms with Crippen LogP contribution in [0.25, 0.3) is 11.8 Å². The van der Waals surface area contributed by atoms with Crippen LogP contribution in [0.5, 0.6) is 0 Å². The van der Waals surface area contributed by atoms with E-state index in [1.807, 2.05) is 0 Å². The lowest BCUT2D eigenvalue weighted by Gasteiger charge is -2.00. The summed E-state index contributed by atoms with van der Waals surface area (Å²) in [5.41, 5.74) is 0.571. The Morgan fingerprint density at radius 2 is 2.05 bits per heavy atom. The summed E-state index contributed by atoms with van der Waals surface area (Å²) in [7, 11) is 0. The highest BCUT2D eigenvalue weighted by Gasteiger charge is 2.34. The van der Waals surface area contributed by atoms with Crippen molar-refractivity contribution in [2.75, 3.05) is 0 Å². The number of benzene rings is 2. The third-order valence-electron chi connectivity index (χ3n) is 3.15. The molecule has 1 aliphatic rings. The van der Waals surface area contributed by atoms with Crippen molar-refractivity contribution in [3.8, 4) is 0 Å². The summed E-state index contributed by atoms with van der Waals surface area (Å²) in [5, 5.41) is 11.0. The van der Waals surface area contributed by atoms with Gasteiger partial charge in [-0.2, -0.15) is 0 Å². The van der Waals surface area contributed by atoms with Crippen LogP contribution in [0.15, 0.2) is 40.9 Å². The number of esters is 1. The first-order valence-electron chi connectivity index (χ1n) is 6.14. The number of nitro benzene ring substituents is 1. The van der Waals surface area contributed by atoms with Crippen molar-refractivity contribution in [2.45, 2.75) is 0 Å². The molecule has 7 heteroatoms. The predicted octanol–water partition coefficient (Wildman–Crippen LogP) is 4.16. The number of ether oxygens (including phenoxy) is 1. The van der Waals surface area contributed by atoms with E-state index in [0.717, 1.165) is 0 Å². The van der Waals surface area contributed by atoms with Gasteiger partial charge in [-0.25, -0.2) is 9.18 Å². The molecule has 2 aromatic rings. The Bertz CT molecular complexity index is 847. The minimum Gasteiger partial charge on any atom is -0.422 e. The Labute approximate surface area is 132 Å². The second-order valence-corrected chi connectivity index (χ2v) is 5.38. The fourth-order valence-electron chi connectivity index (χ4n) is 2.18. The van der Waals surface area contributed by atoms with E-state index in [4.69, 9.17) is 4.74 Å². The second kappa shape index (κ2) is 5.34. The van der Waals surface area contributed by atoms with Crippen LogP contribution < -0.4 is 0 Å². The molecule has 0 bridgehead atoms. The summed E-state index contributed by atoms with van der Waals surface area (Å²) >= 11 is 3.07. The number of halogens is 2. The minimum absolute atomic E-state index is 0.0695. The molecule has 5 nitrogen and oxygen atoms in total. The summed E-state index contributed by atoms with van der Waals surface area (Å²) in [6.45, 7) is 0. The fraction of sp³-hybridized carbons (Fsp3) is 0. The number of nitro groups is 1. The maximum atomic E-state index is 13.2. The number of cyclic esters (lactones) is 1. The van der Waals surface area contributed by atoms with Crippen molar-refractivity contribution in [1.82, 2.24) is 0 Å². The normalized spacial score (nSPS) is 14.8. The van der Waals surface area contributed by atoms with Gasteiger partial charge in [0.15, 0.2) is 0 Å². The number of carbonyl (C=O) groups excluding carboxylic acids is 1. The van der Waals surface area contributed by atoms with Gasteiger partial charge in [-0.3, -0.25) is 10.1 Å². The molecule has 1 heterocycles. The third kappa shape index (κ3) is 2.39. The molecule has 0 aliphatic carbocycles. The van der Waals surface area contributed by atoms with Gasteiger partial charge >= 0.3 is 5.97 Å². The maximum absolute atomic E-state index is 13.2. The van der Waals surface area contributed by atoms with Crippen LogP contribution in [0.4, 0.5) is 10.1 Å². The number of rotatable bonds is 2. The standard InChI is InChI=1S/C15H7BrFNO4/c16-10-6-8(4-5-11(10)17)7-13-9-2-1-3-12(18(20)21)14(9)15(19)22-13/h1-7H. The van der Waals surface area contributed by atoms with Crippen LogP contribution >= 0.6 is 15.9 Å². The number of hydrogen-bond donors (Lipinski definition) is 0. The Morgan fingerprint density at radius 3 is 2.73 bits per heavy atom. The largest absolute Gasteiger partial charge is 0.422 e. The zero-order valence-electron chi connectivity index (χ0n) is 10.9. The van der Waals surface area contributed by atoms with E-state index in [0.29, 0.717) is 11.1 Å². The van der Waals surface area contributed by atoms with Crippen molar-refractivity contribution in [2.24, 2.45) is 0 Å². The Balaban J connectivity index is 2.11. The topological polar surface area (TPSA) is 69.4 Å². The maximum Gasteiger partial charge on any atom is 0.351 e. The highest BCUT2D eigenvalue weighted by Crippen LogP contribution is 2.36. The molecule has 0 N–H and O–H groups in total. The van der Waals surface area contributed by atoms with Crippen LogP contribution in [0.1, 0.15) is 21.5 Å². The summed E-state index contributed by atoms with van der Waals surface area (Å²) < 4.78 is 18.6. The lowest BCUT2D eigenvalue weighted by molar-refractivity contribution is -0.385. The molecular weight excluding hydrogens is 357 g/mol. The summed E-state index contributed by atoms with van der Waals surface area (Å²) in [5.74, 6) is -0.987.